The Balaban J connectivity index is 1.73. The molecule has 3 N–H and O–H groups in total. The first-order chi connectivity index (χ1) is 11.5. The van der Waals surface area contributed by atoms with Gasteiger partial charge in [0.2, 0.25) is 0 Å². The highest BCUT2D eigenvalue weighted by atomic mass is 16.2. The number of nitrogens with zero attached hydrogens (tertiary/aromatic N) is 1. The van der Waals surface area contributed by atoms with E-state index in [1.807, 2.05) is 31.2 Å². The monoisotopic (exact) mass is 320 g/mol. The summed E-state index contributed by atoms with van der Waals surface area (Å²) in [6.45, 7) is 3.73. The highest BCUT2D eigenvalue weighted by Crippen LogP contribution is 2.29. The predicted octanol–water partition coefficient (Wildman–Crippen LogP) is 2.59. The Morgan fingerprint density at radius 3 is 2.46 bits per heavy atom. The summed E-state index contributed by atoms with van der Waals surface area (Å²) in [5, 5.41) is 4.95. The number of aryl methyl sites for hydroxylation is 1. The third-order valence-corrected chi connectivity index (χ3v) is 4.55. The van der Waals surface area contributed by atoms with Crippen LogP contribution in [-0.4, -0.2) is 21.9 Å². The van der Waals surface area contributed by atoms with Crippen molar-refractivity contribution in [2.45, 2.75) is 19.4 Å². The number of nitrogens with one attached hydrogen (secondary N) is 3. The minimum atomic E-state index is -1.03. The Morgan fingerprint density at radius 2 is 1.79 bits per heavy atom. The average molecular weight is 320 g/mol. The molecule has 0 bridgehead atoms. The van der Waals surface area contributed by atoms with Crippen molar-refractivity contribution in [2.75, 3.05) is 0 Å². The maximum Gasteiger partial charge on any atom is 0.322 e. The minimum Gasteiger partial charge on any atom is -0.345 e. The largest absolute Gasteiger partial charge is 0.345 e. The van der Waals surface area contributed by atoms with Crippen molar-refractivity contribution in [1.82, 2.24) is 20.6 Å². The first-order valence-electron chi connectivity index (χ1n) is 7.65. The summed E-state index contributed by atoms with van der Waals surface area (Å²) in [6, 6.07) is 11.3. The molecule has 0 unspecified atom stereocenters. The summed E-state index contributed by atoms with van der Waals surface area (Å²) in [6.07, 6.45) is 1.69. The molecule has 6 nitrogen and oxygen atoms in total. The number of benzene rings is 2. The van der Waals surface area contributed by atoms with Gasteiger partial charge < -0.3 is 10.3 Å². The Labute approximate surface area is 138 Å². The third kappa shape index (κ3) is 2.07. The van der Waals surface area contributed by atoms with Gasteiger partial charge in [-0.1, -0.05) is 24.3 Å². The fraction of sp³-hybridized carbons (Fsp3) is 0.167. The molecule has 0 aliphatic carbocycles. The summed E-state index contributed by atoms with van der Waals surface area (Å²) in [4.78, 5) is 30.9. The molecule has 3 amide bonds. The highest BCUT2D eigenvalue weighted by molar-refractivity contribution is 6.07. The molecule has 6 heteroatoms. The summed E-state index contributed by atoms with van der Waals surface area (Å²) in [7, 11) is 0. The van der Waals surface area contributed by atoms with E-state index in [-0.39, 0.29) is 5.91 Å². The lowest BCUT2D eigenvalue weighted by Crippen LogP contribution is -2.40. The van der Waals surface area contributed by atoms with Gasteiger partial charge in [-0.05, 0) is 48.2 Å². The second kappa shape index (κ2) is 4.92. The molecule has 1 atom stereocenters. The van der Waals surface area contributed by atoms with Crippen LogP contribution in [0.25, 0.3) is 22.2 Å². The van der Waals surface area contributed by atoms with Gasteiger partial charge >= 0.3 is 6.03 Å². The first-order valence-corrected chi connectivity index (χ1v) is 7.65. The van der Waals surface area contributed by atoms with Crippen LogP contribution in [0.15, 0.2) is 42.7 Å². The molecule has 120 valence electrons. The number of carbonyl (C=O) groups is 2. The standard InChI is InChI=1S/C18H16N4O2/c1-10-7-12(8-14-15(10)20-9-19-14)11-3-5-13(6-4-11)18(2)16(23)21-17(24)22-18/h3-9H,1-2H3,(H,19,20)(H2,21,22,23,24)/t18-/m1/s1. The van der Waals surface area contributed by atoms with Crippen LogP contribution in [0.5, 0.6) is 0 Å². The first kappa shape index (κ1) is 14.4. The summed E-state index contributed by atoms with van der Waals surface area (Å²) < 4.78 is 0. The van der Waals surface area contributed by atoms with Gasteiger partial charge in [-0.15, -0.1) is 0 Å². The number of urea groups is 1. The molecule has 1 aromatic heterocycles. The second-order valence-corrected chi connectivity index (χ2v) is 6.20. The topological polar surface area (TPSA) is 86.9 Å². The number of carbonyl (C=O) groups excluding carboxylic acids is 2. The van der Waals surface area contributed by atoms with Gasteiger partial charge in [-0.3, -0.25) is 10.1 Å². The van der Waals surface area contributed by atoms with Gasteiger partial charge in [0, 0.05) is 0 Å². The van der Waals surface area contributed by atoms with Crippen molar-refractivity contribution in [3.05, 3.63) is 53.9 Å². The van der Waals surface area contributed by atoms with Crippen LogP contribution in [0.3, 0.4) is 0 Å². The van der Waals surface area contributed by atoms with Crippen molar-refractivity contribution in [3.8, 4) is 11.1 Å². The second-order valence-electron chi connectivity index (χ2n) is 6.20. The molecule has 0 saturated carbocycles. The van der Waals surface area contributed by atoms with Crippen molar-refractivity contribution in [2.24, 2.45) is 0 Å². The zero-order valence-electron chi connectivity index (χ0n) is 13.3. The number of aromatic nitrogens is 2. The third-order valence-electron chi connectivity index (χ3n) is 4.55. The van der Waals surface area contributed by atoms with E-state index in [2.05, 4.69) is 32.7 Å². The maximum absolute atomic E-state index is 12.0. The number of hydrogen-bond donors (Lipinski definition) is 3. The number of aromatic amines is 1. The zero-order valence-corrected chi connectivity index (χ0v) is 13.3. The van der Waals surface area contributed by atoms with Crippen LogP contribution >= 0.6 is 0 Å². The summed E-state index contributed by atoms with van der Waals surface area (Å²) in [5.41, 5.74) is 4.87. The minimum absolute atomic E-state index is 0.338. The van der Waals surface area contributed by atoms with Crippen LogP contribution in [0, 0.1) is 6.92 Å². The molecule has 1 aliphatic heterocycles. The molecule has 1 fully saturated rings. The Morgan fingerprint density at radius 1 is 1.04 bits per heavy atom. The fourth-order valence-electron chi connectivity index (χ4n) is 3.14. The van der Waals surface area contributed by atoms with E-state index >= 15 is 0 Å². The van der Waals surface area contributed by atoms with Gasteiger partial charge in [-0.25, -0.2) is 9.78 Å². The van der Waals surface area contributed by atoms with E-state index in [9.17, 15) is 9.59 Å². The molecule has 24 heavy (non-hydrogen) atoms. The average Bonchev–Trinajstić information content (AvgIpc) is 3.13. The van der Waals surface area contributed by atoms with E-state index < -0.39 is 11.6 Å². The molecular formula is C18H16N4O2. The van der Waals surface area contributed by atoms with E-state index in [0.717, 1.165) is 33.3 Å². The fourth-order valence-corrected chi connectivity index (χ4v) is 3.14. The lowest BCUT2D eigenvalue weighted by Gasteiger charge is -2.21. The van der Waals surface area contributed by atoms with Crippen molar-refractivity contribution in [3.63, 3.8) is 0 Å². The molecule has 1 saturated heterocycles. The van der Waals surface area contributed by atoms with Crippen molar-refractivity contribution < 1.29 is 9.59 Å². The van der Waals surface area contributed by atoms with Gasteiger partial charge in [0.05, 0.1) is 17.4 Å². The van der Waals surface area contributed by atoms with E-state index in [1.54, 1.807) is 13.3 Å². The maximum atomic E-state index is 12.0. The molecule has 4 rings (SSSR count). The number of imide groups is 1. The molecule has 0 radical (unpaired) electrons. The zero-order chi connectivity index (χ0) is 16.9. The van der Waals surface area contributed by atoms with Gasteiger partial charge in [0.25, 0.3) is 5.91 Å². The Kier molecular flexibility index (Phi) is 2.96. The molecule has 0 spiro atoms. The van der Waals surface area contributed by atoms with Crippen LogP contribution in [0.1, 0.15) is 18.1 Å². The van der Waals surface area contributed by atoms with Crippen LogP contribution in [-0.2, 0) is 10.3 Å². The van der Waals surface area contributed by atoms with E-state index in [1.165, 1.54) is 0 Å². The van der Waals surface area contributed by atoms with Crippen LogP contribution in [0.2, 0.25) is 0 Å². The smallest absolute Gasteiger partial charge is 0.322 e. The van der Waals surface area contributed by atoms with Gasteiger partial charge in [0.1, 0.15) is 5.54 Å². The summed E-state index contributed by atoms with van der Waals surface area (Å²) in [5.74, 6) is -0.338. The molecule has 3 aromatic rings. The lowest BCUT2D eigenvalue weighted by molar-refractivity contribution is -0.123. The van der Waals surface area contributed by atoms with Crippen LogP contribution in [0.4, 0.5) is 4.79 Å². The number of fused-ring (bicyclic) bond motifs is 1. The molecular weight excluding hydrogens is 304 g/mol. The van der Waals surface area contributed by atoms with Crippen LogP contribution < -0.4 is 10.6 Å². The highest BCUT2D eigenvalue weighted by Gasteiger charge is 2.43. The summed E-state index contributed by atoms with van der Waals surface area (Å²) >= 11 is 0. The predicted molar refractivity (Wildman–Crippen MR) is 90.3 cm³/mol. The Hall–Kier alpha value is -3.15. The number of rotatable bonds is 2. The van der Waals surface area contributed by atoms with E-state index in [0.29, 0.717) is 0 Å². The van der Waals surface area contributed by atoms with E-state index in [4.69, 9.17) is 0 Å². The number of H-pyrrole nitrogens is 1. The molecule has 2 heterocycles. The van der Waals surface area contributed by atoms with Crippen molar-refractivity contribution >= 4 is 23.0 Å². The van der Waals surface area contributed by atoms with Crippen molar-refractivity contribution in [1.29, 1.82) is 0 Å². The Bertz CT molecular complexity index is 974. The normalized spacial score (nSPS) is 20.2. The quantitative estimate of drug-likeness (QED) is 0.634. The number of amides is 3. The van der Waals surface area contributed by atoms with Gasteiger partial charge in [-0.2, -0.15) is 0 Å². The lowest BCUT2D eigenvalue weighted by atomic mass is 9.90. The number of imidazole rings is 1. The van der Waals surface area contributed by atoms with Gasteiger partial charge in [0.15, 0.2) is 0 Å². The molecule has 2 aromatic carbocycles. The molecule has 1 aliphatic rings. The number of hydrogen-bond acceptors (Lipinski definition) is 3. The SMILES string of the molecule is Cc1cc(-c2ccc([C@@]3(C)NC(=O)NC3=O)cc2)cc2[nH]cnc12.